The van der Waals surface area contributed by atoms with Crippen LogP contribution >= 0.6 is 15.9 Å². The molecule has 1 heterocycles. The lowest BCUT2D eigenvalue weighted by Crippen LogP contribution is -1.90. The first kappa shape index (κ1) is 11.9. The Morgan fingerprint density at radius 2 is 1.95 bits per heavy atom. The first-order valence-corrected chi connectivity index (χ1v) is 6.68. The number of imidazole rings is 1. The van der Waals surface area contributed by atoms with Crippen molar-refractivity contribution in [1.29, 1.82) is 5.26 Å². The van der Waals surface area contributed by atoms with Gasteiger partial charge in [-0.15, -0.1) is 0 Å². The molecule has 0 saturated carbocycles. The molecule has 0 atom stereocenters. The zero-order valence-corrected chi connectivity index (χ0v) is 11.6. The lowest BCUT2D eigenvalue weighted by atomic mass is 10.1. The van der Waals surface area contributed by atoms with Gasteiger partial charge in [-0.3, -0.25) is 0 Å². The van der Waals surface area contributed by atoms with Crippen molar-refractivity contribution in [3.8, 4) is 6.07 Å². The molecule has 1 N–H and O–H groups in total. The maximum absolute atomic E-state index is 9.06. The van der Waals surface area contributed by atoms with Gasteiger partial charge in [0.05, 0.1) is 11.1 Å². The van der Waals surface area contributed by atoms with Crippen LogP contribution in [0.4, 0.5) is 0 Å². The zero-order chi connectivity index (χ0) is 13.2. The molecule has 0 amide bonds. The Hall–Kier alpha value is -2.12. The van der Waals surface area contributed by atoms with E-state index in [2.05, 4.69) is 44.1 Å². The molecule has 3 rings (SSSR count). The molecule has 0 spiro atoms. The Labute approximate surface area is 119 Å². The second-order valence-corrected chi connectivity index (χ2v) is 5.22. The number of hydrogen-bond acceptors (Lipinski definition) is 2. The number of H-pyrrole nitrogens is 1. The first-order valence-electron chi connectivity index (χ1n) is 5.88. The van der Waals surface area contributed by atoms with Gasteiger partial charge < -0.3 is 4.98 Å². The number of halogens is 1. The van der Waals surface area contributed by atoms with Gasteiger partial charge in [0.15, 0.2) is 0 Å². The molecule has 0 radical (unpaired) electrons. The lowest BCUT2D eigenvalue weighted by molar-refractivity contribution is 1.04. The van der Waals surface area contributed by atoms with Crippen molar-refractivity contribution in [2.45, 2.75) is 6.42 Å². The van der Waals surface area contributed by atoms with Gasteiger partial charge in [-0.2, -0.15) is 5.26 Å². The highest BCUT2D eigenvalue weighted by molar-refractivity contribution is 9.10. The summed E-state index contributed by atoms with van der Waals surface area (Å²) in [5.41, 5.74) is 3.44. The zero-order valence-electron chi connectivity index (χ0n) is 10.0. The number of nitrogens with one attached hydrogen (secondary N) is 1. The molecule has 3 aromatic rings. The Bertz CT molecular complexity index is 766. The minimum Gasteiger partial charge on any atom is -0.342 e. The van der Waals surface area contributed by atoms with Crippen LogP contribution in [-0.2, 0) is 6.42 Å². The molecule has 4 heteroatoms. The highest BCUT2D eigenvalue weighted by atomic mass is 79.9. The fourth-order valence-electron chi connectivity index (χ4n) is 2.05. The van der Waals surface area contributed by atoms with Crippen LogP contribution in [0.15, 0.2) is 46.9 Å². The van der Waals surface area contributed by atoms with Crippen molar-refractivity contribution >= 4 is 27.0 Å². The van der Waals surface area contributed by atoms with E-state index < -0.39 is 0 Å². The van der Waals surface area contributed by atoms with E-state index in [0.29, 0.717) is 5.56 Å². The average molecular weight is 312 g/mol. The van der Waals surface area contributed by atoms with Gasteiger partial charge >= 0.3 is 0 Å². The number of nitrogens with zero attached hydrogens (tertiary/aromatic N) is 2. The molecule has 2 aromatic carbocycles. The van der Waals surface area contributed by atoms with Gasteiger partial charge in [0, 0.05) is 10.9 Å². The first-order chi connectivity index (χ1) is 9.26. The van der Waals surface area contributed by atoms with E-state index in [0.717, 1.165) is 27.8 Å². The topological polar surface area (TPSA) is 52.5 Å². The van der Waals surface area contributed by atoms with Crippen molar-refractivity contribution in [2.75, 3.05) is 0 Å². The molecule has 92 valence electrons. The summed E-state index contributed by atoms with van der Waals surface area (Å²) in [5, 5.41) is 9.06. The molecule has 0 unspecified atom stereocenters. The predicted octanol–water partition coefficient (Wildman–Crippen LogP) is 3.79. The van der Waals surface area contributed by atoms with E-state index in [-0.39, 0.29) is 0 Å². The van der Waals surface area contributed by atoms with Gasteiger partial charge in [0.25, 0.3) is 0 Å². The number of aromatic nitrogens is 2. The summed E-state index contributed by atoms with van der Waals surface area (Å²) in [6.45, 7) is 0. The van der Waals surface area contributed by atoms with Crippen LogP contribution in [0.25, 0.3) is 11.0 Å². The summed E-state index contributed by atoms with van der Waals surface area (Å²) in [6, 6.07) is 15.9. The second kappa shape index (κ2) is 4.87. The van der Waals surface area contributed by atoms with Crippen LogP contribution in [0.1, 0.15) is 17.0 Å². The Morgan fingerprint density at radius 3 is 2.68 bits per heavy atom. The third kappa shape index (κ3) is 2.38. The number of fused-ring (bicyclic) bond motifs is 1. The third-order valence-corrected chi connectivity index (χ3v) is 3.50. The highest BCUT2D eigenvalue weighted by Gasteiger charge is 2.07. The van der Waals surface area contributed by atoms with Crippen molar-refractivity contribution in [3.05, 3.63) is 63.9 Å². The van der Waals surface area contributed by atoms with E-state index in [4.69, 9.17) is 5.26 Å². The predicted molar refractivity (Wildman–Crippen MR) is 77.8 cm³/mol. The smallest absolute Gasteiger partial charge is 0.111 e. The van der Waals surface area contributed by atoms with E-state index in [1.165, 1.54) is 5.56 Å². The van der Waals surface area contributed by atoms with Gasteiger partial charge in [-0.25, -0.2) is 4.98 Å². The number of benzene rings is 2. The minimum absolute atomic E-state index is 0.607. The van der Waals surface area contributed by atoms with Gasteiger partial charge in [-0.05, 0) is 29.8 Å². The third-order valence-electron chi connectivity index (χ3n) is 2.97. The molecule has 3 nitrogen and oxygen atoms in total. The SMILES string of the molecule is N#Cc1cccc2[nH]c(Cc3ccc(Br)cc3)nc12. The molecule has 0 saturated heterocycles. The standard InChI is InChI=1S/C15H10BrN3/c16-12-6-4-10(5-7-12)8-14-18-13-3-1-2-11(9-17)15(13)19-14/h1-7H,8H2,(H,18,19). The Kier molecular flexibility index (Phi) is 3.06. The molecule has 0 aliphatic carbocycles. The van der Waals surface area contributed by atoms with Crippen molar-refractivity contribution in [1.82, 2.24) is 9.97 Å². The molecule has 0 bridgehead atoms. The normalized spacial score (nSPS) is 10.5. The number of hydrogen-bond donors (Lipinski definition) is 1. The monoisotopic (exact) mass is 311 g/mol. The number of aromatic amines is 1. The summed E-state index contributed by atoms with van der Waals surface area (Å²) < 4.78 is 1.06. The second-order valence-electron chi connectivity index (χ2n) is 4.30. The minimum atomic E-state index is 0.607. The Balaban J connectivity index is 1.98. The summed E-state index contributed by atoms with van der Waals surface area (Å²) in [4.78, 5) is 7.77. The lowest BCUT2D eigenvalue weighted by Gasteiger charge is -1.97. The molecule has 0 aliphatic rings. The highest BCUT2D eigenvalue weighted by Crippen LogP contribution is 2.18. The van der Waals surface area contributed by atoms with Crippen LogP contribution < -0.4 is 0 Å². The maximum atomic E-state index is 9.06. The van der Waals surface area contributed by atoms with Gasteiger partial charge in [0.1, 0.15) is 17.4 Å². The van der Waals surface area contributed by atoms with Crippen molar-refractivity contribution < 1.29 is 0 Å². The van der Waals surface area contributed by atoms with E-state index in [1.807, 2.05) is 24.3 Å². The van der Waals surface area contributed by atoms with Crippen LogP contribution in [0.5, 0.6) is 0 Å². The molecule has 1 aromatic heterocycles. The summed E-state index contributed by atoms with van der Waals surface area (Å²) in [5.74, 6) is 0.875. The number of nitriles is 1. The Morgan fingerprint density at radius 1 is 1.16 bits per heavy atom. The number of para-hydroxylation sites is 1. The van der Waals surface area contributed by atoms with Gasteiger partial charge in [-0.1, -0.05) is 34.1 Å². The van der Waals surface area contributed by atoms with Crippen LogP contribution in [0.3, 0.4) is 0 Å². The van der Waals surface area contributed by atoms with Crippen molar-refractivity contribution in [2.24, 2.45) is 0 Å². The van der Waals surface area contributed by atoms with E-state index in [1.54, 1.807) is 6.07 Å². The summed E-state index contributed by atoms with van der Waals surface area (Å²) in [7, 11) is 0. The maximum Gasteiger partial charge on any atom is 0.111 e. The molecule has 0 aliphatic heterocycles. The summed E-state index contributed by atoms with van der Waals surface area (Å²) in [6.07, 6.45) is 0.729. The number of rotatable bonds is 2. The van der Waals surface area contributed by atoms with Crippen LogP contribution in [0, 0.1) is 11.3 Å². The van der Waals surface area contributed by atoms with Crippen LogP contribution in [0.2, 0.25) is 0 Å². The van der Waals surface area contributed by atoms with Crippen molar-refractivity contribution in [3.63, 3.8) is 0 Å². The molecular formula is C15H10BrN3. The molecule has 0 fully saturated rings. The van der Waals surface area contributed by atoms with E-state index in [9.17, 15) is 0 Å². The summed E-state index contributed by atoms with van der Waals surface area (Å²) >= 11 is 3.42. The fourth-order valence-corrected chi connectivity index (χ4v) is 2.32. The fraction of sp³-hybridized carbons (Fsp3) is 0.0667. The van der Waals surface area contributed by atoms with Crippen LogP contribution in [-0.4, -0.2) is 9.97 Å². The quantitative estimate of drug-likeness (QED) is 0.783. The largest absolute Gasteiger partial charge is 0.342 e. The average Bonchev–Trinajstić information content (AvgIpc) is 2.83. The van der Waals surface area contributed by atoms with E-state index >= 15 is 0 Å². The van der Waals surface area contributed by atoms with Gasteiger partial charge in [0.2, 0.25) is 0 Å². The molecule has 19 heavy (non-hydrogen) atoms. The molecular weight excluding hydrogens is 302 g/mol.